The lowest BCUT2D eigenvalue weighted by Crippen LogP contribution is -2.12. The first-order valence-electron chi connectivity index (χ1n) is 9.11. The van der Waals surface area contributed by atoms with Crippen LogP contribution in [0.3, 0.4) is 0 Å². The van der Waals surface area contributed by atoms with Gasteiger partial charge in [0.25, 0.3) is 0 Å². The van der Waals surface area contributed by atoms with E-state index < -0.39 is 11.9 Å². The molecule has 0 spiro atoms. The summed E-state index contributed by atoms with van der Waals surface area (Å²) in [6, 6.07) is 13.1. The first kappa shape index (κ1) is 20.5. The second kappa shape index (κ2) is 9.76. The number of rotatable bonds is 8. The number of hydrogen-bond acceptors (Lipinski definition) is 5. The Balaban J connectivity index is 1.91. The lowest BCUT2D eigenvalue weighted by atomic mass is 10.1. The van der Waals surface area contributed by atoms with Gasteiger partial charge in [-0.25, -0.2) is 9.59 Å². The quantitative estimate of drug-likeness (QED) is 0.489. The second-order valence-electron chi connectivity index (χ2n) is 6.92. The Morgan fingerprint density at radius 3 is 1.81 bits per heavy atom. The Morgan fingerprint density at radius 1 is 0.778 bits per heavy atom. The van der Waals surface area contributed by atoms with Crippen LogP contribution in [0.15, 0.2) is 48.5 Å². The van der Waals surface area contributed by atoms with Gasteiger partial charge >= 0.3 is 11.9 Å². The summed E-state index contributed by atoms with van der Waals surface area (Å²) in [5.74, 6) is 0.786. The molecule has 0 saturated carbocycles. The van der Waals surface area contributed by atoms with Gasteiger partial charge in [-0.3, -0.25) is 0 Å². The predicted octanol–water partition coefficient (Wildman–Crippen LogP) is 4.90. The normalized spacial score (nSPS) is 10.7. The number of carbonyl (C=O) groups excluding carboxylic acids is 2. The highest BCUT2D eigenvalue weighted by atomic mass is 16.5. The fourth-order valence-electron chi connectivity index (χ4n) is 2.21. The zero-order chi connectivity index (χ0) is 19.8. The van der Waals surface area contributed by atoms with Gasteiger partial charge in [-0.2, -0.15) is 0 Å². The van der Waals surface area contributed by atoms with Gasteiger partial charge in [0.1, 0.15) is 11.5 Å². The zero-order valence-electron chi connectivity index (χ0n) is 16.2. The van der Waals surface area contributed by atoms with E-state index in [0.717, 1.165) is 12.2 Å². The molecular weight excluding hydrogens is 344 g/mol. The molecule has 0 heterocycles. The molecule has 0 aliphatic heterocycles. The third-order valence-corrected chi connectivity index (χ3v) is 3.70. The van der Waals surface area contributed by atoms with Crippen LogP contribution in [0, 0.1) is 5.92 Å². The molecule has 2 aromatic carbocycles. The average Bonchev–Trinajstić information content (AvgIpc) is 2.62. The minimum absolute atomic E-state index is 0.188. The van der Waals surface area contributed by atoms with Crippen LogP contribution in [0.1, 0.15) is 54.8 Å². The minimum atomic E-state index is -0.471. The Labute approximate surface area is 160 Å². The van der Waals surface area contributed by atoms with Crippen LogP contribution in [-0.4, -0.2) is 24.6 Å². The van der Waals surface area contributed by atoms with Crippen molar-refractivity contribution >= 4 is 11.9 Å². The summed E-state index contributed by atoms with van der Waals surface area (Å²) in [7, 11) is 0. The van der Waals surface area contributed by atoms with Gasteiger partial charge < -0.3 is 14.2 Å². The van der Waals surface area contributed by atoms with Crippen LogP contribution in [0.4, 0.5) is 0 Å². The molecule has 0 amide bonds. The predicted molar refractivity (Wildman–Crippen MR) is 103 cm³/mol. The van der Waals surface area contributed by atoms with E-state index in [9.17, 15) is 9.59 Å². The number of esters is 2. The molecule has 0 radical (unpaired) electrons. The molecule has 5 heteroatoms. The lowest BCUT2D eigenvalue weighted by molar-refractivity contribution is 0.0378. The van der Waals surface area contributed by atoms with E-state index in [2.05, 4.69) is 13.8 Å². The van der Waals surface area contributed by atoms with E-state index in [-0.39, 0.29) is 6.10 Å². The van der Waals surface area contributed by atoms with Gasteiger partial charge in [0.2, 0.25) is 0 Å². The zero-order valence-corrected chi connectivity index (χ0v) is 16.2. The summed E-state index contributed by atoms with van der Waals surface area (Å²) >= 11 is 0. The maximum Gasteiger partial charge on any atom is 0.343 e. The molecule has 0 aliphatic rings. The summed E-state index contributed by atoms with van der Waals surface area (Å²) in [5.41, 5.74) is 0.834. The molecule has 144 valence electrons. The Morgan fingerprint density at radius 2 is 1.30 bits per heavy atom. The average molecular weight is 370 g/mol. The molecule has 0 atom stereocenters. The van der Waals surface area contributed by atoms with Gasteiger partial charge in [-0.05, 0) is 74.7 Å². The lowest BCUT2D eigenvalue weighted by Gasteiger charge is -2.09. The molecule has 2 rings (SSSR count). The fourth-order valence-corrected chi connectivity index (χ4v) is 2.21. The van der Waals surface area contributed by atoms with Crippen LogP contribution < -0.4 is 9.47 Å². The van der Waals surface area contributed by atoms with Crippen molar-refractivity contribution in [1.82, 2.24) is 0 Å². The maximum atomic E-state index is 12.2. The maximum absolute atomic E-state index is 12.2. The van der Waals surface area contributed by atoms with Crippen molar-refractivity contribution in [2.45, 2.75) is 40.2 Å². The Bertz CT molecular complexity index is 745. The van der Waals surface area contributed by atoms with Crippen LogP contribution in [-0.2, 0) is 4.74 Å². The number of ether oxygens (including phenoxy) is 3. The molecule has 0 bridgehead atoms. The van der Waals surface area contributed by atoms with Crippen molar-refractivity contribution in [2.75, 3.05) is 6.61 Å². The van der Waals surface area contributed by atoms with E-state index in [4.69, 9.17) is 14.2 Å². The highest BCUT2D eigenvalue weighted by molar-refractivity contribution is 5.92. The number of carbonyl (C=O) groups is 2. The second-order valence-corrected chi connectivity index (χ2v) is 6.92. The van der Waals surface area contributed by atoms with Gasteiger partial charge in [0, 0.05) is 0 Å². The number of benzene rings is 2. The fraction of sp³-hybridized carbons (Fsp3) is 0.364. The highest BCUT2D eigenvalue weighted by Crippen LogP contribution is 2.18. The highest BCUT2D eigenvalue weighted by Gasteiger charge is 2.12. The van der Waals surface area contributed by atoms with Crippen LogP contribution in [0.2, 0.25) is 0 Å². The topological polar surface area (TPSA) is 61.8 Å². The van der Waals surface area contributed by atoms with Crippen molar-refractivity contribution in [3.63, 3.8) is 0 Å². The summed E-state index contributed by atoms with van der Waals surface area (Å²) in [4.78, 5) is 24.1. The van der Waals surface area contributed by atoms with Gasteiger partial charge in [0.05, 0.1) is 23.8 Å². The van der Waals surface area contributed by atoms with Gasteiger partial charge in [-0.1, -0.05) is 13.8 Å². The van der Waals surface area contributed by atoms with Crippen molar-refractivity contribution in [3.05, 3.63) is 59.7 Å². The van der Waals surface area contributed by atoms with E-state index in [1.165, 1.54) is 0 Å². The van der Waals surface area contributed by atoms with Crippen molar-refractivity contribution in [2.24, 2.45) is 5.92 Å². The minimum Gasteiger partial charge on any atom is -0.494 e. The first-order chi connectivity index (χ1) is 12.8. The smallest absolute Gasteiger partial charge is 0.343 e. The van der Waals surface area contributed by atoms with Crippen LogP contribution >= 0.6 is 0 Å². The molecule has 0 saturated heterocycles. The van der Waals surface area contributed by atoms with Crippen LogP contribution in [0.25, 0.3) is 0 Å². The Kier molecular flexibility index (Phi) is 7.41. The molecule has 0 fully saturated rings. The third kappa shape index (κ3) is 6.77. The van der Waals surface area contributed by atoms with Crippen molar-refractivity contribution in [3.8, 4) is 11.5 Å². The summed E-state index contributed by atoms with van der Waals surface area (Å²) < 4.78 is 16.1. The summed E-state index contributed by atoms with van der Waals surface area (Å²) in [5, 5.41) is 0. The van der Waals surface area contributed by atoms with Crippen molar-refractivity contribution < 1.29 is 23.8 Å². The molecule has 0 unspecified atom stereocenters. The standard InChI is InChI=1S/C22H26O5/c1-15(2)13-14-25-19-9-5-18(6-10-19)22(24)27-20-11-7-17(8-12-20)21(23)26-16(3)4/h5-12,15-16H,13-14H2,1-4H3. The van der Waals surface area contributed by atoms with Crippen LogP contribution in [0.5, 0.6) is 11.5 Å². The molecule has 0 aliphatic carbocycles. The van der Waals surface area contributed by atoms with E-state index in [1.807, 2.05) is 0 Å². The van der Waals surface area contributed by atoms with Gasteiger partial charge in [0.15, 0.2) is 0 Å². The summed E-state index contributed by atoms with van der Waals surface area (Å²) in [6.45, 7) is 8.50. The number of hydrogen-bond donors (Lipinski definition) is 0. The first-order valence-corrected chi connectivity index (χ1v) is 9.11. The van der Waals surface area contributed by atoms with E-state index in [1.54, 1.807) is 62.4 Å². The van der Waals surface area contributed by atoms with Crippen molar-refractivity contribution in [1.29, 1.82) is 0 Å². The molecule has 2 aromatic rings. The molecule has 5 nitrogen and oxygen atoms in total. The summed E-state index contributed by atoms with van der Waals surface area (Å²) in [6.07, 6.45) is 0.789. The van der Waals surface area contributed by atoms with Gasteiger partial charge in [-0.15, -0.1) is 0 Å². The molecule has 27 heavy (non-hydrogen) atoms. The van der Waals surface area contributed by atoms with E-state index >= 15 is 0 Å². The largest absolute Gasteiger partial charge is 0.494 e. The van der Waals surface area contributed by atoms with E-state index in [0.29, 0.717) is 29.4 Å². The molecule has 0 aromatic heterocycles. The third-order valence-electron chi connectivity index (χ3n) is 3.70. The SMILES string of the molecule is CC(C)CCOc1ccc(C(=O)Oc2ccc(C(=O)OC(C)C)cc2)cc1. The molecular formula is C22H26O5. The monoisotopic (exact) mass is 370 g/mol. The molecule has 0 N–H and O–H groups in total. The Hall–Kier alpha value is -2.82.